The van der Waals surface area contributed by atoms with Crippen molar-refractivity contribution in [1.82, 2.24) is 10.2 Å². The number of hydrogen-bond donors (Lipinski definition) is 7. The number of ketones is 2. The van der Waals surface area contributed by atoms with Gasteiger partial charge in [-0.15, -0.1) is 24.8 Å². The second-order valence-electron chi connectivity index (χ2n) is 11.2. The molecule has 5 rings (SSSR count). The third kappa shape index (κ3) is 5.24. The van der Waals surface area contributed by atoms with Crippen LogP contribution < -0.4 is 16.4 Å². The summed E-state index contributed by atoms with van der Waals surface area (Å²) in [5.74, 6) is -7.43. The summed E-state index contributed by atoms with van der Waals surface area (Å²) >= 11 is 6.40. The molecule has 8 N–H and O–H groups in total. The third-order valence-electron chi connectivity index (χ3n) is 8.35. The molecule has 4 atom stereocenters. The molecule has 1 saturated carbocycles. The number of Topliss-reactive ketones (excluding diaryl/α,β-unsaturated/α-hetero) is 2. The molecule has 42 heavy (non-hydrogen) atoms. The minimum absolute atomic E-state index is 0. The van der Waals surface area contributed by atoms with Crippen molar-refractivity contribution in [2.45, 2.75) is 37.3 Å². The number of nitrogens with one attached hydrogen (secondary N) is 2. The fourth-order valence-corrected chi connectivity index (χ4v) is 6.55. The van der Waals surface area contributed by atoms with Gasteiger partial charge in [-0.1, -0.05) is 11.6 Å². The fraction of sp³-hybridized carbons (Fsp3) is 0.481. The average Bonchev–Trinajstić information content (AvgIpc) is 3.68. The van der Waals surface area contributed by atoms with Crippen molar-refractivity contribution in [3.8, 4) is 5.75 Å². The number of carbonyl (C=O) groups is 4. The first-order chi connectivity index (χ1) is 18.8. The van der Waals surface area contributed by atoms with Crippen LogP contribution in [0.1, 0.15) is 35.2 Å². The van der Waals surface area contributed by atoms with Gasteiger partial charge in [0.25, 0.3) is 5.91 Å². The van der Waals surface area contributed by atoms with Crippen molar-refractivity contribution in [3.63, 3.8) is 0 Å². The Balaban J connectivity index is 0.00000242. The molecule has 0 heterocycles. The van der Waals surface area contributed by atoms with Crippen LogP contribution in [-0.4, -0.2) is 87.5 Å². The summed E-state index contributed by atoms with van der Waals surface area (Å²) in [7, 11) is 3.12. The van der Waals surface area contributed by atoms with Crippen LogP contribution in [-0.2, 0) is 20.8 Å². The fourth-order valence-electron chi connectivity index (χ4n) is 6.29. The van der Waals surface area contributed by atoms with Crippen LogP contribution in [0.2, 0.25) is 5.02 Å². The highest BCUT2D eigenvalue weighted by atomic mass is 35.5. The van der Waals surface area contributed by atoms with Gasteiger partial charge in [-0.05, 0) is 69.8 Å². The van der Waals surface area contributed by atoms with Gasteiger partial charge in [-0.25, -0.2) is 0 Å². The first-order valence-electron chi connectivity index (χ1n) is 13.0. The van der Waals surface area contributed by atoms with Crippen LogP contribution >= 0.6 is 36.4 Å². The molecule has 0 aromatic heterocycles. The Morgan fingerprint density at radius 1 is 1.17 bits per heavy atom. The number of primary amides is 1. The van der Waals surface area contributed by atoms with Crippen molar-refractivity contribution in [1.29, 1.82) is 0 Å². The van der Waals surface area contributed by atoms with Gasteiger partial charge < -0.3 is 36.8 Å². The number of aromatic hydroxyl groups is 1. The normalized spacial score (nSPS) is 26.5. The number of aliphatic hydroxyl groups is 3. The highest BCUT2D eigenvalue weighted by Gasteiger charge is 2.63. The summed E-state index contributed by atoms with van der Waals surface area (Å²) in [5, 5.41) is 50.4. The van der Waals surface area contributed by atoms with Gasteiger partial charge in [-0.2, -0.15) is 0 Å². The number of nitrogens with zero attached hydrogens (tertiary/aromatic N) is 1. The second-order valence-corrected chi connectivity index (χ2v) is 11.6. The van der Waals surface area contributed by atoms with Crippen molar-refractivity contribution >= 4 is 65.5 Å². The van der Waals surface area contributed by atoms with Crippen molar-refractivity contribution in [2.24, 2.45) is 23.5 Å². The molecule has 4 aliphatic carbocycles. The van der Waals surface area contributed by atoms with E-state index in [1.165, 1.54) is 11.0 Å². The molecule has 0 saturated heterocycles. The van der Waals surface area contributed by atoms with Crippen LogP contribution in [0.15, 0.2) is 28.7 Å². The van der Waals surface area contributed by atoms with Gasteiger partial charge >= 0.3 is 0 Å². The summed E-state index contributed by atoms with van der Waals surface area (Å²) in [4.78, 5) is 53.2. The molecule has 3 unspecified atom stereocenters. The van der Waals surface area contributed by atoms with E-state index < -0.39 is 69.7 Å². The van der Waals surface area contributed by atoms with Gasteiger partial charge in [-0.3, -0.25) is 24.1 Å². The largest absolute Gasteiger partial charge is 0.510 e. The Bertz CT molecular complexity index is 1420. The third-order valence-corrected chi connectivity index (χ3v) is 8.64. The minimum atomic E-state index is -2.73. The summed E-state index contributed by atoms with van der Waals surface area (Å²) in [5.41, 5.74) is 1.40. The lowest BCUT2D eigenvalue weighted by molar-refractivity contribution is -0.148. The second kappa shape index (κ2) is 12.0. The molecule has 0 bridgehead atoms. The number of rotatable bonds is 7. The Hall–Kier alpha value is -2.87. The number of nitrogens with two attached hydrogens (primary N) is 1. The maximum Gasteiger partial charge on any atom is 0.255 e. The summed E-state index contributed by atoms with van der Waals surface area (Å²) in [6.07, 6.45) is 2.28. The highest BCUT2D eigenvalue weighted by Crippen LogP contribution is 2.53. The van der Waals surface area contributed by atoms with E-state index in [1.54, 1.807) is 14.1 Å². The number of anilines is 1. The molecule has 0 spiro atoms. The van der Waals surface area contributed by atoms with E-state index in [0.29, 0.717) is 18.0 Å². The molecular formula is C27H33Cl3N4O8. The molecular weight excluding hydrogens is 615 g/mol. The standard InChI is InChI=1S/C27H31ClN4O8.2ClH/c1-32(2)20-13-6-11-5-12-7-14(28)19(31-15(33)9-30-8-10-3-4-10)22(35)16(12)21(34)17(11)24(37)27(13,40)25(38)18(23(20)36)26(29)39;;/h7,10-11,13,20,30,35-37,40H,3-6,8-9H2,1-2H3,(H2,29,39)(H,31,33);2*1H/t11?,13?,20-,27?;;/m0../s1. The van der Waals surface area contributed by atoms with Gasteiger partial charge in [0, 0.05) is 11.5 Å². The SMILES string of the molecule is CN(C)[C@@H]1C(O)=C(C(N)=O)C(=O)C2(O)C(O)=C3C(=O)c4c(cc(Cl)c(NC(=O)CNCC5CC5)c4O)CC3CC12.Cl.Cl. The molecule has 1 fully saturated rings. The number of fused-ring (bicyclic) bond motifs is 3. The van der Waals surface area contributed by atoms with E-state index in [2.05, 4.69) is 10.6 Å². The van der Waals surface area contributed by atoms with E-state index in [1.807, 2.05) is 0 Å². The van der Waals surface area contributed by atoms with Crippen molar-refractivity contribution in [2.75, 3.05) is 32.5 Å². The number of hydrogen-bond acceptors (Lipinski definition) is 10. The Kier molecular flexibility index (Phi) is 9.62. The molecule has 4 aliphatic rings. The number of likely N-dealkylation sites (N-methyl/N-ethyl adjacent to an activating group) is 1. The number of phenolic OH excluding ortho intramolecular Hbond substituents is 1. The Morgan fingerprint density at radius 3 is 2.38 bits per heavy atom. The summed E-state index contributed by atoms with van der Waals surface area (Å²) in [6, 6.07) is 0.377. The summed E-state index contributed by atoms with van der Waals surface area (Å²) < 4.78 is 0. The molecule has 12 nitrogen and oxygen atoms in total. The maximum absolute atomic E-state index is 13.8. The van der Waals surface area contributed by atoms with Crippen LogP contribution in [0.25, 0.3) is 0 Å². The lowest BCUT2D eigenvalue weighted by Gasteiger charge is -2.50. The van der Waals surface area contributed by atoms with E-state index in [4.69, 9.17) is 17.3 Å². The number of phenols is 1. The van der Waals surface area contributed by atoms with Gasteiger partial charge in [0.1, 0.15) is 22.8 Å². The van der Waals surface area contributed by atoms with E-state index in [9.17, 15) is 39.6 Å². The molecule has 0 radical (unpaired) electrons. The van der Waals surface area contributed by atoms with E-state index in [-0.39, 0.29) is 66.0 Å². The first-order valence-corrected chi connectivity index (χ1v) is 13.4. The predicted molar refractivity (Wildman–Crippen MR) is 157 cm³/mol. The number of amides is 2. The number of aliphatic hydroxyl groups excluding tert-OH is 2. The topological polar surface area (TPSA) is 203 Å². The number of allylic oxidation sites excluding steroid dienone is 1. The zero-order valence-corrected chi connectivity index (χ0v) is 25.2. The van der Waals surface area contributed by atoms with Crippen molar-refractivity contribution < 1.29 is 39.6 Å². The van der Waals surface area contributed by atoms with Gasteiger partial charge in [0.15, 0.2) is 17.1 Å². The average molecular weight is 648 g/mol. The van der Waals surface area contributed by atoms with Gasteiger partial charge in [0.05, 0.1) is 23.2 Å². The minimum Gasteiger partial charge on any atom is -0.510 e. The zero-order valence-electron chi connectivity index (χ0n) is 22.8. The Labute approximate surface area is 258 Å². The number of carbonyl (C=O) groups excluding carboxylic acids is 4. The van der Waals surface area contributed by atoms with E-state index >= 15 is 0 Å². The van der Waals surface area contributed by atoms with Crippen LogP contribution in [0.5, 0.6) is 5.75 Å². The smallest absolute Gasteiger partial charge is 0.255 e. The van der Waals surface area contributed by atoms with Crippen molar-refractivity contribution in [3.05, 3.63) is 44.9 Å². The highest BCUT2D eigenvalue weighted by molar-refractivity contribution is 6.35. The maximum atomic E-state index is 13.8. The van der Waals surface area contributed by atoms with Crippen LogP contribution in [0.4, 0.5) is 5.69 Å². The molecule has 1 aromatic rings. The monoisotopic (exact) mass is 646 g/mol. The lowest BCUT2D eigenvalue weighted by Crippen LogP contribution is -2.63. The molecule has 15 heteroatoms. The molecule has 230 valence electrons. The predicted octanol–water partition coefficient (Wildman–Crippen LogP) is 1.56. The summed E-state index contributed by atoms with van der Waals surface area (Å²) in [6.45, 7) is 0.657. The zero-order chi connectivity index (χ0) is 29.3. The molecule has 2 amide bonds. The number of halogens is 3. The van der Waals surface area contributed by atoms with E-state index in [0.717, 1.165) is 12.8 Å². The first kappa shape index (κ1) is 33.6. The Morgan fingerprint density at radius 2 is 1.81 bits per heavy atom. The van der Waals surface area contributed by atoms with Gasteiger partial charge in [0.2, 0.25) is 11.7 Å². The quantitative estimate of drug-likeness (QED) is 0.168. The lowest BCUT2D eigenvalue weighted by atomic mass is 9.58. The molecule has 1 aromatic carbocycles. The van der Waals surface area contributed by atoms with Crippen LogP contribution in [0, 0.1) is 17.8 Å². The molecule has 0 aliphatic heterocycles. The number of benzene rings is 1. The van der Waals surface area contributed by atoms with Crippen LogP contribution in [0.3, 0.4) is 0 Å².